The molecular weight excluding hydrogens is 530 g/mol. The molecule has 2 aromatic heterocycles. The molecule has 0 radical (unpaired) electrons. The van der Waals surface area contributed by atoms with E-state index in [2.05, 4.69) is 68.5 Å². The van der Waals surface area contributed by atoms with Crippen LogP contribution in [0.4, 0.5) is 17.5 Å². The van der Waals surface area contributed by atoms with Crippen molar-refractivity contribution < 1.29 is 9.16 Å². The monoisotopic (exact) mass is 573 g/mol. The molecule has 5 rings (SSSR count). The Morgan fingerprint density at radius 2 is 2.10 bits per heavy atom. The first-order valence-electron chi connectivity index (χ1n) is 14.6. The van der Waals surface area contributed by atoms with Crippen molar-refractivity contribution in [2.75, 3.05) is 37.0 Å². The van der Waals surface area contributed by atoms with Crippen LogP contribution < -0.4 is 10.6 Å². The van der Waals surface area contributed by atoms with Crippen molar-refractivity contribution in [2.45, 2.75) is 77.6 Å². The van der Waals surface area contributed by atoms with Crippen LogP contribution in [0.1, 0.15) is 57.4 Å². The summed E-state index contributed by atoms with van der Waals surface area (Å²) in [5.74, 6) is 1.79. The molecule has 10 heteroatoms. The summed E-state index contributed by atoms with van der Waals surface area (Å²) in [4.78, 5) is 9.36. The maximum absolute atomic E-state index is 10.0. The smallest absolute Gasteiger partial charge is 0.228 e. The Hall–Kier alpha value is -3.26. The lowest BCUT2D eigenvalue weighted by atomic mass is 9.83. The summed E-state index contributed by atoms with van der Waals surface area (Å²) >= 11 is 0. The molecule has 1 aromatic carbocycles. The lowest BCUT2D eigenvalue weighted by Crippen LogP contribution is -2.45. The Morgan fingerprint density at radius 1 is 1.29 bits per heavy atom. The lowest BCUT2D eigenvalue weighted by molar-refractivity contribution is 0.0472. The Kier molecular flexibility index (Phi) is 7.98. The van der Waals surface area contributed by atoms with Gasteiger partial charge in [0.25, 0.3) is 0 Å². The zero-order chi connectivity index (χ0) is 29.4. The molecule has 1 unspecified atom stereocenters. The van der Waals surface area contributed by atoms with Crippen LogP contribution >= 0.6 is 0 Å². The molecule has 3 aromatic rings. The van der Waals surface area contributed by atoms with Gasteiger partial charge in [-0.1, -0.05) is 27.7 Å². The first-order chi connectivity index (χ1) is 19.4. The minimum absolute atomic E-state index is 0.125. The Bertz CT molecular complexity index is 1450. The van der Waals surface area contributed by atoms with Crippen LogP contribution in [0.3, 0.4) is 0 Å². The molecule has 41 heavy (non-hydrogen) atoms. The molecule has 9 nitrogen and oxygen atoms in total. The lowest BCUT2D eigenvalue weighted by Gasteiger charge is -2.39. The topological polar surface area (TPSA) is 110 Å². The highest BCUT2D eigenvalue weighted by molar-refractivity contribution is 6.74. The zero-order valence-corrected chi connectivity index (χ0v) is 26.5. The molecule has 0 amide bonds. The first kappa shape index (κ1) is 29.2. The van der Waals surface area contributed by atoms with Crippen molar-refractivity contribution in [1.29, 1.82) is 5.26 Å². The number of aromatic nitrogens is 4. The average molecular weight is 574 g/mol. The molecule has 4 heterocycles. The number of ether oxygens (including phenoxy) is 1. The highest BCUT2D eigenvalue weighted by atomic mass is 28.4. The summed E-state index contributed by atoms with van der Waals surface area (Å²) in [6.07, 6.45) is 3.98. The van der Waals surface area contributed by atoms with Gasteiger partial charge in [-0.3, -0.25) is 0 Å². The van der Waals surface area contributed by atoms with Crippen LogP contribution in [0.2, 0.25) is 18.1 Å². The maximum Gasteiger partial charge on any atom is 0.228 e. The second-order valence-electron chi connectivity index (χ2n) is 13.3. The summed E-state index contributed by atoms with van der Waals surface area (Å²) in [6.45, 7) is 19.3. The van der Waals surface area contributed by atoms with Crippen molar-refractivity contribution in [3.8, 4) is 17.3 Å². The summed E-state index contributed by atoms with van der Waals surface area (Å²) in [7, 11) is -1.94. The number of aryl methyl sites for hydroxylation is 1. The van der Waals surface area contributed by atoms with Crippen molar-refractivity contribution in [2.24, 2.45) is 5.92 Å². The Morgan fingerprint density at radius 3 is 2.80 bits per heavy atom. The fourth-order valence-electron chi connectivity index (χ4n) is 5.28. The van der Waals surface area contributed by atoms with Gasteiger partial charge >= 0.3 is 0 Å². The van der Waals surface area contributed by atoms with E-state index in [1.807, 2.05) is 29.8 Å². The number of fused-ring (bicyclic) bond motifs is 1. The Labute approximate surface area is 244 Å². The Balaban J connectivity index is 1.41. The molecule has 2 aliphatic heterocycles. The predicted molar refractivity (Wildman–Crippen MR) is 165 cm³/mol. The van der Waals surface area contributed by atoms with Gasteiger partial charge in [-0.15, -0.1) is 0 Å². The van der Waals surface area contributed by atoms with Gasteiger partial charge in [-0.2, -0.15) is 10.4 Å². The van der Waals surface area contributed by atoms with Gasteiger partial charge in [0.15, 0.2) is 8.32 Å². The number of anilines is 3. The van der Waals surface area contributed by atoms with Crippen molar-refractivity contribution in [3.05, 3.63) is 47.3 Å². The molecule has 0 spiro atoms. The molecule has 1 saturated heterocycles. The number of nitrogens with zero attached hydrogens (tertiary/aromatic N) is 5. The van der Waals surface area contributed by atoms with Gasteiger partial charge in [-0.05, 0) is 61.7 Å². The molecule has 2 atom stereocenters. The first-order valence-corrected chi connectivity index (χ1v) is 17.5. The summed E-state index contributed by atoms with van der Waals surface area (Å²) < 4.78 is 14.3. The largest absolute Gasteiger partial charge is 0.416 e. The van der Waals surface area contributed by atoms with Crippen LogP contribution in [-0.4, -0.2) is 54.4 Å². The summed E-state index contributed by atoms with van der Waals surface area (Å²) in [5, 5.41) is 21.8. The number of rotatable bonds is 8. The van der Waals surface area contributed by atoms with E-state index in [0.717, 1.165) is 73.2 Å². The van der Waals surface area contributed by atoms with Crippen LogP contribution in [0.15, 0.2) is 30.5 Å². The molecule has 0 saturated carbocycles. The fourth-order valence-corrected chi connectivity index (χ4v) is 6.40. The van der Waals surface area contributed by atoms with Crippen LogP contribution in [0.5, 0.6) is 0 Å². The SMILES string of the molecule is Cc1cc(Nc2nccc(-c3cc(C#N)c4c(c3)[C@@](C)(CO[Si](C)(C)C(C)(C)C)CN4)n2)n(CC2CCCOC2)n1. The third kappa shape index (κ3) is 6.17. The van der Waals surface area contributed by atoms with E-state index in [0.29, 0.717) is 24.0 Å². The number of nitrogens with one attached hydrogen (secondary N) is 2. The molecule has 218 valence electrons. The van der Waals surface area contributed by atoms with Gasteiger partial charge in [0.1, 0.15) is 11.9 Å². The van der Waals surface area contributed by atoms with E-state index in [4.69, 9.17) is 19.2 Å². The van der Waals surface area contributed by atoms with Crippen LogP contribution in [0, 0.1) is 24.2 Å². The molecule has 1 fully saturated rings. The van der Waals surface area contributed by atoms with Gasteiger partial charge in [0.05, 0.1) is 29.2 Å². The molecule has 2 aliphatic rings. The van der Waals surface area contributed by atoms with Crippen LogP contribution in [0.25, 0.3) is 11.3 Å². The van der Waals surface area contributed by atoms with Gasteiger partial charge < -0.3 is 19.8 Å². The van der Waals surface area contributed by atoms with E-state index < -0.39 is 8.32 Å². The molecule has 2 N–H and O–H groups in total. The van der Waals surface area contributed by atoms with E-state index >= 15 is 0 Å². The third-order valence-corrected chi connectivity index (χ3v) is 13.4. The maximum atomic E-state index is 10.0. The minimum atomic E-state index is -1.94. The number of hydrogen-bond donors (Lipinski definition) is 2. The van der Waals surface area contributed by atoms with E-state index in [9.17, 15) is 5.26 Å². The van der Waals surface area contributed by atoms with E-state index in [1.165, 1.54) is 0 Å². The minimum Gasteiger partial charge on any atom is -0.416 e. The summed E-state index contributed by atoms with van der Waals surface area (Å²) in [6, 6.07) is 10.4. The third-order valence-electron chi connectivity index (χ3n) is 8.90. The quantitative estimate of drug-likeness (QED) is 0.298. The number of nitriles is 1. The zero-order valence-electron chi connectivity index (χ0n) is 25.5. The fraction of sp³-hybridized carbons (Fsp3) is 0.548. The average Bonchev–Trinajstić information content (AvgIpc) is 3.45. The van der Waals surface area contributed by atoms with Gasteiger partial charge in [0.2, 0.25) is 5.95 Å². The number of benzene rings is 1. The van der Waals surface area contributed by atoms with E-state index in [-0.39, 0.29) is 10.5 Å². The van der Waals surface area contributed by atoms with Crippen molar-refractivity contribution in [1.82, 2.24) is 19.7 Å². The van der Waals surface area contributed by atoms with Gasteiger partial charge in [0, 0.05) is 55.5 Å². The second kappa shape index (κ2) is 11.2. The highest BCUT2D eigenvalue weighted by Crippen LogP contribution is 2.44. The van der Waals surface area contributed by atoms with Gasteiger partial charge in [-0.25, -0.2) is 14.6 Å². The van der Waals surface area contributed by atoms with E-state index in [1.54, 1.807) is 6.20 Å². The van der Waals surface area contributed by atoms with Crippen LogP contribution in [-0.2, 0) is 21.1 Å². The highest BCUT2D eigenvalue weighted by Gasteiger charge is 2.42. The van der Waals surface area contributed by atoms with Crippen molar-refractivity contribution >= 4 is 25.8 Å². The predicted octanol–water partition coefficient (Wildman–Crippen LogP) is 6.40. The standard InChI is InChI=1S/C31H43N7O2Si/c1-21-13-27(38(37-21)17-22-9-8-12-39-18-22)36-29-33-11-10-26(35-29)23-14-24(16-32)28-25(15-23)31(5,19-34-28)20-40-41(6,7)30(2,3)4/h10-11,13-15,22,34H,8-9,12,17-20H2,1-7H3,(H,33,35,36)/t22?,31-/m1/s1. The molecule has 0 aliphatic carbocycles. The normalized spacial score (nSPS) is 20.8. The van der Waals surface area contributed by atoms with Crippen molar-refractivity contribution in [3.63, 3.8) is 0 Å². The number of hydrogen-bond acceptors (Lipinski definition) is 8. The molecular formula is C31H43N7O2Si. The summed E-state index contributed by atoms with van der Waals surface area (Å²) in [5.41, 5.74) is 4.93. The molecule has 0 bridgehead atoms. The second-order valence-corrected chi connectivity index (χ2v) is 18.2.